The summed E-state index contributed by atoms with van der Waals surface area (Å²) in [5.74, 6) is -0.710. The van der Waals surface area contributed by atoms with Crippen LogP contribution >= 0.6 is 0 Å². The van der Waals surface area contributed by atoms with E-state index < -0.39 is 15.9 Å². The fourth-order valence-electron chi connectivity index (χ4n) is 1.52. The van der Waals surface area contributed by atoms with E-state index in [1.54, 1.807) is 12.1 Å². The van der Waals surface area contributed by atoms with Crippen molar-refractivity contribution in [3.8, 4) is 0 Å². The topological polar surface area (TPSA) is 65.3 Å². The van der Waals surface area contributed by atoms with Crippen LogP contribution < -0.4 is 4.72 Å². The third kappa shape index (κ3) is 3.85. The van der Waals surface area contributed by atoms with Crippen LogP contribution in [-0.4, -0.2) is 20.6 Å². The molecule has 0 atom stereocenters. The van der Waals surface area contributed by atoms with Crippen molar-refractivity contribution in [2.24, 2.45) is 0 Å². The molecule has 1 rings (SSSR count). The molecule has 4 nitrogen and oxygen atoms in total. The molecule has 0 bridgehead atoms. The van der Waals surface area contributed by atoms with Crippen LogP contribution in [0.5, 0.6) is 0 Å². The first-order valence-electron chi connectivity index (χ1n) is 5.18. The molecule has 17 heavy (non-hydrogen) atoms. The minimum absolute atomic E-state index is 0.237. The van der Waals surface area contributed by atoms with Crippen LogP contribution in [0.3, 0.4) is 0 Å². The Morgan fingerprint density at radius 1 is 1.18 bits per heavy atom. The Balaban J connectivity index is 3.19. The summed E-state index contributed by atoms with van der Waals surface area (Å²) in [5, 5.41) is 0. The lowest BCUT2D eigenvalue weighted by Gasteiger charge is -2.21. The zero-order chi connectivity index (χ0) is 13.3. The van der Waals surface area contributed by atoms with E-state index in [9.17, 15) is 13.2 Å². The lowest BCUT2D eigenvalue weighted by Crippen LogP contribution is -2.25. The van der Waals surface area contributed by atoms with Gasteiger partial charge in [-0.15, -0.1) is 4.72 Å². The Morgan fingerprint density at radius 3 is 2.18 bits per heavy atom. The van der Waals surface area contributed by atoms with Crippen molar-refractivity contribution in [1.82, 2.24) is 4.72 Å². The summed E-state index contributed by atoms with van der Waals surface area (Å²) >= 11 is 0. The SMILES string of the molecule is CC(C)(C)c1ccccc1C(=O)[N]S(C)(=O)=O. The number of sulfonamides is 1. The number of carbonyl (C=O) groups excluding carboxylic acids is 1. The van der Waals surface area contributed by atoms with Crippen molar-refractivity contribution >= 4 is 15.9 Å². The molecule has 0 unspecified atom stereocenters. The predicted molar refractivity (Wildman–Crippen MR) is 66.5 cm³/mol. The van der Waals surface area contributed by atoms with Crippen LogP contribution in [0.4, 0.5) is 0 Å². The molecule has 0 heterocycles. The molecular formula is C12H16NO3S. The second-order valence-electron chi connectivity index (χ2n) is 4.93. The van der Waals surface area contributed by atoms with Gasteiger partial charge in [-0.25, -0.2) is 8.42 Å². The summed E-state index contributed by atoms with van der Waals surface area (Å²) < 4.78 is 25.2. The average molecular weight is 254 g/mol. The Morgan fingerprint density at radius 2 is 1.71 bits per heavy atom. The first-order chi connectivity index (χ1) is 7.61. The third-order valence-corrected chi connectivity index (χ3v) is 2.71. The number of amides is 1. The lowest BCUT2D eigenvalue weighted by molar-refractivity contribution is 0.0976. The smallest absolute Gasteiger partial charge is 0.266 e. The Hall–Kier alpha value is -1.36. The quantitative estimate of drug-likeness (QED) is 0.806. The van der Waals surface area contributed by atoms with Gasteiger partial charge in [0, 0.05) is 5.56 Å². The molecule has 0 aromatic heterocycles. The summed E-state index contributed by atoms with van der Waals surface area (Å²) in [6, 6.07) is 6.92. The van der Waals surface area contributed by atoms with Crippen LogP contribution in [0.2, 0.25) is 0 Å². The van der Waals surface area contributed by atoms with Gasteiger partial charge in [0.25, 0.3) is 15.9 Å². The van der Waals surface area contributed by atoms with Gasteiger partial charge in [0.2, 0.25) is 0 Å². The first-order valence-corrected chi connectivity index (χ1v) is 7.03. The molecule has 1 radical (unpaired) electrons. The van der Waals surface area contributed by atoms with Gasteiger partial charge in [-0.2, -0.15) is 0 Å². The number of benzene rings is 1. The first kappa shape index (κ1) is 13.7. The Bertz CT molecular complexity index is 527. The van der Waals surface area contributed by atoms with Gasteiger partial charge in [0.1, 0.15) is 0 Å². The van der Waals surface area contributed by atoms with Crippen LogP contribution in [0.1, 0.15) is 36.7 Å². The molecule has 0 aliphatic heterocycles. The van der Waals surface area contributed by atoms with Gasteiger partial charge in [0.05, 0.1) is 6.26 Å². The summed E-state index contributed by atoms with van der Waals surface area (Å²) in [7, 11) is -3.66. The number of nitrogens with zero attached hydrogens (tertiary/aromatic N) is 1. The number of carbonyl (C=O) groups is 1. The zero-order valence-electron chi connectivity index (χ0n) is 10.4. The standard InChI is InChI=1S/C12H16NO3S/c1-12(2,3)10-8-6-5-7-9(10)11(14)13-17(4,15)16/h5-8H,1-4H3. The maximum absolute atomic E-state index is 11.8. The molecule has 5 heteroatoms. The van der Waals surface area contributed by atoms with Gasteiger partial charge in [0.15, 0.2) is 0 Å². The molecule has 0 N–H and O–H groups in total. The molecular weight excluding hydrogens is 238 g/mol. The normalized spacial score (nSPS) is 12.2. The van der Waals surface area contributed by atoms with Gasteiger partial charge in [-0.3, -0.25) is 4.79 Å². The van der Waals surface area contributed by atoms with E-state index in [4.69, 9.17) is 0 Å². The molecule has 0 aliphatic rings. The highest BCUT2D eigenvalue weighted by Gasteiger charge is 2.23. The molecule has 0 saturated heterocycles. The average Bonchev–Trinajstić information content (AvgIpc) is 2.13. The summed E-state index contributed by atoms with van der Waals surface area (Å²) in [6.45, 7) is 5.87. The molecule has 1 aromatic carbocycles. The molecule has 0 saturated carbocycles. The van der Waals surface area contributed by atoms with Crippen molar-refractivity contribution in [2.45, 2.75) is 26.2 Å². The van der Waals surface area contributed by atoms with E-state index in [0.29, 0.717) is 5.56 Å². The van der Waals surface area contributed by atoms with E-state index in [-0.39, 0.29) is 5.41 Å². The largest absolute Gasteiger partial charge is 0.288 e. The highest BCUT2D eigenvalue weighted by atomic mass is 32.2. The molecule has 1 aromatic rings. The van der Waals surface area contributed by atoms with E-state index >= 15 is 0 Å². The lowest BCUT2D eigenvalue weighted by atomic mass is 9.83. The van der Waals surface area contributed by atoms with E-state index in [1.165, 1.54) is 0 Å². The minimum atomic E-state index is -3.66. The summed E-state index contributed by atoms with van der Waals surface area (Å²) in [6.07, 6.45) is 0.907. The third-order valence-electron chi connectivity index (χ3n) is 2.21. The minimum Gasteiger partial charge on any atom is -0.266 e. The van der Waals surface area contributed by atoms with Crippen LogP contribution in [0, 0.1) is 0 Å². The van der Waals surface area contributed by atoms with Crippen molar-refractivity contribution < 1.29 is 13.2 Å². The molecule has 0 fully saturated rings. The fraction of sp³-hybridized carbons (Fsp3) is 0.417. The second-order valence-corrected chi connectivity index (χ2v) is 6.57. The Labute approximate surface area is 102 Å². The maximum Gasteiger partial charge on any atom is 0.288 e. The summed E-state index contributed by atoms with van der Waals surface area (Å²) in [5.41, 5.74) is 0.891. The monoisotopic (exact) mass is 254 g/mol. The van der Waals surface area contributed by atoms with Gasteiger partial charge < -0.3 is 0 Å². The molecule has 93 valence electrons. The highest BCUT2D eigenvalue weighted by Crippen LogP contribution is 2.25. The second kappa shape index (κ2) is 4.49. The van der Waals surface area contributed by atoms with Crippen molar-refractivity contribution in [2.75, 3.05) is 6.26 Å². The van der Waals surface area contributed by atoms with E-state index in [2.05, 4.69) is 4.72 Å². The number of rotatable bonds is 2. The van der Waals surface area contributed by atoms with Gasteiger partial charge >= 0.3 is 0 Å². The van der Waals surface area contributed by atoms with Crippen molar-refractivity contribution in [1.29, 1.82) is 0 Å². The fourth-order valence-corrected chi connectivity index (χ4v) is 1.92. The van der Waals surface area contributed by atoms with E-state index in [1.807, 2.05) is 32.9 Å². The van der Waals surface area contributed by atoms with Crippen LogP contribution in [-0.2, 0) is 15.4 Å². The van der Waals surface area contributed by atoms with Crippen LogP contribution in [0.25, 0.3) is 0 Å². The maximum atomic E-state index is 11.8. The predicted octanol–water partition coefficient (Wildman–Crippen LogP) is 1.69. The number of hydrogen-bond acceptors (Lipinski definition) is 3. The van der Waals surface area contributed by atoms with E-state index in [0.717, 1.165) is 11.8 Å². The molecule has 1 amide bonds. The molecule has 0 spiro atoms. The van der Waals surface area contributed by atoms with Crippen molar-refractivity contribution in [3.05, 3.63) is 35.4 Å². The number of hydrogen-bond donors (Lipinski definition) is 0. The summed E-state index contributed by atoms with van der Waals surface area (Å²) in [4.78, 5) is 11.8. The highest BCUT2D eigenvalue weighted by molar-refractivity contribution is 7.89. The van der Waals surface area contributed by atoms with Crippen molar-refractivity contribution in [3.63, 3.8) is 0 Å². The van der Waals surface area contributed by atoms with Gasteiger partial charge in [-0.1, -0.05) is 39.0 Å². The van der Waals surface area contributed by atoms with Gasteiger partial charge in [-0.05, 0) is 17.0 Å². The molecule has 0 aliphatic carbocycles. The Kier molecular flexibility index (Phi) is 3.62. The zero-order valence-corrected chi connectivity index (χ0v) is 11.2. The van der Waals surface area contributed by atoms with Crippen LogP contribution in [0.15, 0.2) is 24.3 Å².